The van der Waals surface area contributed by atoms with Crippen LogP contribution in [0.4, 0.5) is 5.69 Å². The maximum absolute atomic E-state index is 3.16. The standard InChI is InChI=1S/C13H15N/c1-3-10-5-4-6-11-9-12(14-2)7-8-13(10)11/h4-9,14H,3H2,1-2H3. The molecule has 0 saturated carbocycles. The summed E-state index contributed by atoms with van der Waals surface area (Å²) in [5.41, 5.74) is 2.59. The first-order chi connectivity index (χ1) is 6.85. The van der Waals surface area contributed by atoms with Gasteiger partial charge in [0.25, 0.3) is 0 Å². The van der Waals surface area contributed by atoms with Crippen LogP contribution in [0, 0.1) is 0 Å². The van der Waals surface area contributed by atoms with Crippen LogP contribution in [0.25, 0.3) is 10.8 Å². The van der Waals surface area contributed by atoms with E-state index in [9.17, 15) is 0 Å². The fraction of sp³-hybridized carbons (Fsp3) is 0.231. The van der Waals surface area contributed by atoms with Crippen LogP contribution < -0.4 is 5.32 Å². The Morgan fingerprint density at radius 3 is 2.71 bits per heavy atom. The molecule has 2 aromatic carbocycles. The lowest BCUT2D eigenvalue weighted by Gasteiger charge is -2.06. The number of hydrogen-bond donors (Lipinski definition) is 1. The summed E-state index contributed by atoms with van der Waals surface area (Å²) < 4.78 is 0. The molecule has 1 N–H and O–H groups in total. The van der Waals surface area contributed by atoms with E-state index in [1.807, 2.05) is 7.05 Å². The molecule has 0 aromatic heterocycles. The van der Waals surface area contributed by atoms with Gasteiger partial charge in [-0.1, -0.05) is 31.2 Å². The van der Waals surface area contributed by atoms with Crippen molar-refractivity contribution in [3.8, 4) is 0 Å². The molecule has 0 unspecified atom stereocenters. The summed E-state index contributed by atoms with van der Waals surface area (Å²) >= 11 is 0. The molecule has 1 heteroatoms. The average molecular weight is 185 g/mol. The van der Waals surface area contributed by atoms with E-state index in [1.165, 1.54) is 22.0 Å². The largest absolute Gasteiger partial charge is 0.388 e. The van der Waals surface area contributed by atoms with E-state index < -0.39 is 0 Å². The third-order valence-corrected chi connectivity index (χ3v) is 2.64. The van der Waals surface area contributed by atoms with Gasteiger partial charge in [-0.25, -0.2) is 0 Å². The zero-order chi connectivity index (χ0) is 9.97. The Kier molecular flexibility index (Phi) is 2.40. The van der Waals surface area contributed by atoms with E-state index in [4.69, 9.17) is 0 Å². The minimum atomic E-state index is 1.09. The molecule has 0 aliphatic carbocycles. The monoisotopic (exact) mass is 185 g/mol. The van der Waals surface area contributed by atoms with Gasteiger partial charge in [-0.05, 0) is 34.9 Å². The smallest absolute Gasteiger partial charge is 0.0343 e. The first kappa shape index (κ1) is 9.07. The van der Waals surface area contributed by atoms with Crippen molar-refractivity contribution in [1.29, 1.82) is 0 Å². The highest BCUT2D eigenvalue weighted by Crippen LogP contribution is 2.22. The van der Waals surface area contributed by atoms with Crippen molar-refractivity contribution in [2.45, 2.75) is 13.3 Å². The third kappa shape index (κ3) is 1.46. The molecule has 0 aliphatic rings. The minimum Gasteiger partial charge on any atom is -0.388 e. The molecule has 0 bridgehead atoms. The van der Waals surface area contributed by atoms with Gasteiger partial charge in [0.15, 0.2) is 0 Å². The Morgan fingerprint density at radius 1 is 1.14 bits per heavy atom. The van der Waals surface area contributed by atoms with Gasteiger partial charge in [0, 0.05) is 12.7 Å². The van der Waals surface area contributed by atoms with Crippen LogP contribution in [0.3, 0.4) is 0 Å². The number of hydrogen-bond acceptors (Lipinski definition) is 1. The Labute approximate surface area is 84.8 Å². The highest BCUT2D eigenvalue weighted by atomic mass is 14.8. The lowest BCUT2D eigenvalue weighted by Crippen LogP contribution is -1.88. The molecule has 0 amide bonds. The van der Waals surface area contributed by atoms with Gasteiger partial charge in [0.2, 0.25) is 0 Å². The maximum atomic E-state index is 3.16. The lowest BCUT2D eigenvalue weighted by molar-refractivity contribution is 1.16. The predicted octanol–water partition coefficient (Wildman–Crippen LogP) is 3.44. The van der Waals surface area contributed by atoms with Crippen LogP contribution in [0.15, 0.2) is 36.4 Å². The summed E-state index contributed by atoms with van der Waals surface area (Å²) in [5.74, 6) is 0. The molecule has 0 aliphatic heterocycles. The highest BCUT2D eigenvalue weighted by molar-refractivity contribution is 5.88. The molecule has 14 heavy (non-hydrogen) atoms. The van der Waals surface area contributed by atoms with Crippen molar-refractivity contribution in [1.82, 2.24) is 0 Å². The van der Waals surface area contributed by atoms with Crippen LogP contribution in [0.5, 0.6) is 0 Å². The summed E-state index contributed by atoms with van der Waals surface area (Å²) in [6, 6.07) is 13.0. The van der Waals surface area contributed by atoms with E-state index in [-0.39, 0.29) is 0 Å². The van der Waals surface area contributed by atoms with Gasteiger partial charge in [-0.3, -0.25) is 0 Å². The van der Waals surface area contributed by atoms with Gasteiger partial charge in [0.05, 0.1) is 0 Å². The van der Waals surface area contributed by atoms with Crippen LogP contribution in [-0.2, 0) is 6.42 Å². The average Bonchev–Trinajstić information content (AvgIpc) is 2.27. The van der Waals surface area contributed by atoms with E-state index in [2.05, 4.69) is 48.6 Å². The van der Waals surface area contributed by atoms with E-state index in [0.717, 1.165) is 6.42 Å². The number of nitrogens with one attached hydrogen (secondary N) is 1. The van der Waals surface area contributed by atoms with Crippen molar-refractivity contribution in [3.63, 3.8) is 0 Å². The number of anilines is 1. The number of aryl methyl sites for hydroxylation is 1. The zero-order valence-electron chi connectivity index (χ0n) is 8.67. The van der Waals surface area contributed by atoms with E-state index >= 15 is 0 Å². The van der Waals surface area contributed by atoms with Gasteiger partial charge in [-0.15, -0.1) is 0 Å². The van der Waals surface area contributed by atoms with Gasteiger partial charge in [0.1, 0.15) is 0 Å². The molecule has 0 fully saturated rings. The Hall–Kier alpha value is -1.50. The second kappa shape index (κ2) is 3.70. The third-order valence-electron chi connectivity index (χ3n) is 2.64. The summed E-state index contributed by atoms with van der Waals surface area (Å²) in [5, 5.41) is 5.84. The van der Waals surface area contributed by atoms with Crippen LogP contribution in [0.1, 0.15) is 12.5 Å². The Bertz CT molecular complexity index is 446. The van der Waals surface area contributed by atoms with E-state index in [1.54, 1.807) is 0 Å². The van der Waals surface area contributed by atoms with E-state index in [0.29, 0.717) is 0 Å². The second-order valence-corrected chi connectivity index (χ2v) is 3.46. The molecule has 0 saturated heterocycles. The maximum Gasteiger partial charge on any atom is 0.0343 e. The fourth-order valence-electron chi connectivity index (χ4n) is 1.81. The molecule has 0 radical (unpaired) electrons. The molecule has 0 atom stereocenters. The van der Waals surface area contributed by atoms with Crippen molar-refractivity contribution in [3.05, 3.63) is 42.0 Å². The number of rotatable bonds is 2. The molecular formula is C13H15N. The molecule has 72 valence electrons. The Morgan fingerprint density at radius 2 is 2.00 bits per heavy atom. The van der Waals surface area contributed by atoms with Gasteiger partial charge in [-0.2, -0.15) is 0 Å². The minimum absolute atomic E-state index is 1.09. The summed E-state index contributed by atoms with van der Waals surface area (Å²) in [7, 11) is 1.95. The zero-order valence-corrected chi connectivity index (χ0v) is 8.67. The number of benzene rings is 2. The second-order valence-electron chi connectivity index (χ2n) is 3.46. The lowest BCUT2D eigenvalue weighted by atomic mass is 10.0. The quantitative estimate of drug-likeness (QED) is 0.755. The van der Waals surface area contributed by atoms with Gasteiger partial charge < -0.3 is 5.32 Å². The molecule has 2 aromatic rings. The molecule has 0 heterocycles. The molecule has 0 spiro atoms. The SMILES string of the molecule is CCc1cccc2cc(NC)ccc12. The number of fused-ring (bicyclic) bond motifs is 1. The molecule has 1 nitrogen and oxygen atoms in total. The van der Waals surface area contributed by atoms with Crippen molar-refractivity contribution in [2.24, 2.45) is 0 Å². The Balaban J connectivity index is 2.67. The summed E-state index contributed by atoms with van der Waals surface area (Å²) in [4.78, 5) is 0. The predicted molar refractivity (Wildman–Crippen MR) is 62.9 cm³/mol. The first-order valence-electron chi connectivity index (χ1n) is 5.04. The topological polar surface area (TPSA) is 12.0 Å². The molecular weight excluding hydrogens is 170 g/mol. The highest BCUT2D eigenvalue weighted by Gasteiger charge is 1.98. The van der Waals surface area contributed by atoms with Crippen molar-refractivity contribution < 1.29 is 0 Å². The van der Waals surface area contributed by atoms with Gasteiger partial charge >= 0.3 is 0 Å². The van der Waals surface area contributed by atoms with Crippen LogP contribution in [-0.4, -0.2) is 7.05 Å². The summed E-state index contributed by atoms with van der Waals surface area (Å²) in [6.45, 7) is 2.20. The first-order valence-corrected chi connectivity index (χ1v) is 5.04. The van der Waals surface area contributed by atoms with Crippen molar-refractivity contribution in [2.75, 3.05) is 12.4 Å². The van der Waals surface area contributed by atoms with Crippen molar-refractivity contribution >= 4 is 16.5 Å². The van der Waals surface area contributed by atoms with Crippen LogP contribution >= 0.6 is 0 Å². The summed E-state index contributed by atoms with van der Waals surface area (Å²) in [6.07, 6.45) is 1.09. The van der Waals surface area contributed by atoms with Crippen LogP contribution in [0.2, 0.25) is 0 Å². The fourth-order valence-corrected chi connectivity index (χ4v) is 1.81. The normalized spacial score (nSPS) is 10.4. The molecule has 2 rings (SSSR count).